The molecule has 0 spiro atoms. The second kappa shape index (κ2) is 8.82. The maximum Gasteiger partial charge on any atom is 0.256 e. The SMILES string of the molecule is CCCS(=O)(=O)NCC1CCN(C(=O)c2cccnc2SC)CC1. The maximum absolute atomic E-state index is 12.6. The second-order valence-corrected chi connectivity index (χ2v) is 8.68. The fraction of sp³-hybridized carbons (Fsp3) is 0.625. The Balaban J connectivity index is 1.87. The van der Waals surface area contributed by atoms with E-state index in [-0.39, 0.29) is 17.6 Å². The van der Waals surface area contributed by atoms with Crippen molar-refractivity contribution in [1.29, 1.82) is 0 Å². The third-order valence-electron chi connectivity index (χ3n) is 4.16. The Morgan fingerprint density at radius 3 is 2.75 bits per heavy atom. The molecule has 0 aromatic carbocycles. The van der Waals surface area contributed by atoms with Gasteiger partial charge in [-0.25, -0.2) is 18.1 Å². The van der Waals surface area contributed by atoms with Crippen molar-refractivity contribution >= 4 is 27.7 Å². The molecule has 2 heterocycles. The number of hydrogen-bond donors (Lipinski definition) is 1. The van der Waals surface area contributed by atoms with Crippen LogP contribution in [-0.2, 0) is 10.0 Å². The van der Waals surface area contributed by atoms with Crippen molar-refractivity contribution < 1.29 is 13.2 Å². The summed E-state index contributed by atoms with van der Waals surface area (Å²) in [5.41, 5.74) is 0.645. The average molecular weight is 372 g/mol. The first-order valence-electron chi connectivity index (χ1n) is 8.22. The molecule has 24 heavy (non-hydrogen) atoms. The van der Waals surface area contributed by atoms with Gasteiger partial charge in [0.1, 0.15) is 5.03 Å². The van der Waals surface area contributed by atoms with Gasteiger partial charge in [-0.15, -0.1) is 11.8 Å². The lowest BCUT2D eigenvalue weighted by molar-refractivity contribution is 0.0687. The standard InChI is InChI=1S/C16H25N3O3S2/c1-3-11-24(21,22)18-12-13-6-9-19(10-7-13)16(20)14-5-4-8-17-15(14)23-2/h4-5,8,13,18H,3,6-7,9-12H2,1-2H3. The van der Waals surface area contributed by atoms with Gasteiger partial charge >= 0.3 is 0 Å². The Kier molecular flexibility index (Phi) is 7.06. The van der Waals surface area contributed by atoms with Crippen LogP contribution in [0.25, 0.3) is 0 Å². The number of amides is 1. The van der Waals surface area contributed by atoms with E-state index in [9.17, 15) is 13.2 Å². The van der Waals surface area contributed by atoms with E-state index >= 15 is 0 Å². The lowest BCUT2D eigenvalue weighted by Gasteiger charge is -2.32. The highest BCUT2D eigenvalue weighted by Crippen LogP contribution is 2.22. The molecule has 1 aliphatic rings. The van der Waals surface area contributed by atoms with Gasteiger partial charge in [0.25, 0.3) is 5.91 Å². The molecule has 1 aliphatic heterocycles. The van der Waals surface area contributed by atoms with Crippen molar-refractivity contribution in [1.82, 2.24) is 14.6 Å². The minimum absolute atomic E-state index is 0.0115. The van der Waals surface area contributed by atoms with Crippen molar-refractivity contribution in [2.45, 2.75) is 31.2 Å². The topological polar surface area (TPSA) is 79.4 Å². The summed E-state index contributed by atoms with van der Waals surface area (Å²) < 4.78 is 26.1. The van der Waals surface area contributed by atoms with Crippen molar-refractivity contribution in [3.63, 3.8) is 0 Å². The molecule has 1 fully saturated rings. The number of sulfonamides is 1. The molecule has 6 nitrogen and oxygen atoms in total. The zero-order valence-electron chi connectivity index (χ0n) is 14.2. The van der Waals surface area contributed by atoms with Crippen LogP contribution < -0.4 is 4.72 Å². The molecule has 1 aromatic heterocycles. The fourth-order valence-corrected chi connectivity index (χ4v) is 4.53. The zero-order valence-corrected chi connectivity index (χ0v) is 15.8. The normalized spacial score (nSPS) is 16.3. The molecule has 134 valence electrons. The van der Waals surface area contributed by atoms with E-state index in [2.05, 4.69) is 9.71 Å². The predicted octanol–water partition coefficient (Wildman–Crippen LogP) is 1.99. The lowest BCUT2D eigenvalue weighted by Crippen LogP contribution is -2.42. The largest absolute Gasteiger partial charge is 0.339 e. The molecule has 0 atom stereocenters. The lowest BCUT2D eigenvalue weighted by atomic mass is 9.97. The van der Waals surface area contributed by atoms with Gasteiger partial charge in [-0.2, -0.15) is 0 Å². The molecule has 0 bridgehead atoms. The van der Waals surface area contributed by atoms with Crippen LogP contribution in [-0.4, -0.2) is 55.9 Å². The van der Waals surface area contributed by atoms with E-state index in [0.717, 1.165) is 17.9 Å². The third kappa shape index (κ3) is 5.19. The molecule has 0 saturated carbocycles. The highest BCUT2D eigenvalue weighted by molar-refractivity contribution is 7.98. The van der Waals surface area contributed by atoms with Gasteiger partial charge in [-0.05, 0) is 43.6 Å². The summed E-state index contributed by atoms with van der Waals surface area (Å²) in [5, 5.41) is 0.747. The van der Waals surface area contributed by atoms with E-state index in [1.165, 1.54) is 11.8 Å². The van der Waals surface area contributed by atoms with Gasteiger partial charge in [-0.1, -0.05) is 6.92 Å². The average Bonchev–Trinajstić information content (AvgIpc) is 2.60. The Labute approximate surface area is 148 Å². The smallest absolute Gasteiger partial charge is 0.256 e. The van der Waals surface area contributed by atoms with Crippen molar-refractivity contribution in [2.75, 3.05) is 31.6 Å². The van der Waals surface area contributed by atoms with Crippen LogP contribution in [0.5, 0.6) is 0 Å². The molecule has 0 aliphatic carbocycles. The number of carbonyl (C=O) groups excluding carboxylic acids is 1. The molecule has 1 N–H and O–H groups in total. The summed E-state index contributed by atoms with van der Waals surface area (Å²) in [6.45, 7) is 3.63. The molecular weight excluding hydrogens is 346 g/mol. The number of thioether (sulfide) groups is 1. The number of nitrogens with zero attached hydrogens (tertiary/aromatic N) is 2. The Bertz CT molecular complexity index is 656. The van der Waals surface area contributed by atoms with Crippen molar-refractivity contribution in [3.05, 3.63) is 23.9 Å². The summed E-state index contributed by atoms with van der Waals surface area (Å²) in [4.78, 5) is 18.7. The van der Waals surface area contributed by atoms with E-state index < -0.39 is 10.0 Å². The van der Waals surface area contributed by atoms with Crippen LogP contribution in [0.3, 0.4) is 0 Å². The number of likely N-dealkylation sites (tertiary alicyclic amines) is 1. The number of rotatable bonds is 7. The number of carbonyl (C=O) groups is 1. The molecular formula is C16H25N3O3S2. The van der Waals surface area contributed by atoms with Gasteiger partial charge in [0.2, 0.25) is 10.0 Å². The molecule has 2 rings (SSSR count). The predicted molar refractivity (Wildman–Crippen MR) is 96.7 cm³/mol. The van der Waals surface area contributed by atoms with Crippen LogP contribution >= 0.6 is 11.8 Å². The van der Waals surface area contributed by atoms with E-state index in [4.69, 9.17) is 0 Å². The Morgan fingerprint density at radius 2 is 2.12 bits per heavy atom. The summed E-state index contributed by atoms with van der Waals surface area (Å²) in [6.07, 6.45) is 5.85. The molecule has 0 radical (unpaired) electrons. The second-order valence-electron chi connectivity index (χ2n) is 5.96. The van der Waals surface area contributed by atoms with Crippen molar-refractivity contribution in [3.8, 4) is 0 Å². The van der Waals surface area contributed by atoms with E-state index in [0.29, 0.717) is 31.6 Å². The van der Waals surface area contributed by atoms with Gasteiger partial charge < -0.3 is 4.90 Å². The highest BCUT2D eigenvalue weighted by Gasteiger charge is 2.26. The number of pyridine rings is 1. The molecule has 8 heteroatoms. The van der Waals surface area contributed by atoms with Crippen LogP contribution in [0.1, 0.15) is 36.5 Å². The Morgan fingerprint density at radius 1 is 1.42 bits per heavy atom. The van der Waals surface area contributed by atoms with Crippen LogP contribution in [0.15, 0.2) is 23.4 Å². The summed E-state index contributed by atoms with van der Waals surface area (Å²) in [6, 6.07) is 3.59. The summed E-state index contributed by atoms with van der Waals surface area (Å²) in [5.74, 6) is 0.468. The highest BCUT2D eigenvalue weighted by atomic mass is 32.2. The van der Waals surface area contributed by atoms with E-state index in [1.807, 2.05) is 24.1 Å². The molecule has 1 amide bonds. The first-order valence-corrected chi connectivity index (χ1v) is 11.1. The minimum Gasteiger partial charge on any atom is -0.339 e. The number of aromatic nitrogens is 1. The van der Waals surface area contributed by atoms with Crippen LogP contribution in [0.4, 0.5) is 0 Å². The molecule has 0 unspecified atom stereocenters. The minimum atomic E-state index is -3.15. The van der Waals surface area contributed by atoms with Crippen LogP contribution in [0.2, 0.25) is 0 Å². The Hall–Kier alpha value is -1.12. The monoisotopic (exact) mass is 371 g/mol. The van der Waals surface area contributed by atoms with Gasteiger partial charge in [0.15, 0.2) is 0 Å². The van der Waals surface area contributed by atoms with Gasteiger partial charge in [0.05, 0.1) is 11.3 Å². The molecule has 1 saturated heterocycles. The molecule has 1 aromatic rings. The van der Waals surface area contributed by atoms with Crippen LogP contribution in [0, 0.1) is 5.92 Å². The quantitative estimate of drug-likeness (QED) is 0.742. The number of hydrogen-bond acceptors (Lipinski definition) is 5. The first kappa shape index (κ1) is 19.2. The summed E-state index contributed by atoms with van der Waals surface area (Å²) in [7, 11) is -3.15. The maximum atomic E-state index is 12.6. The van der Waals surface area contributed by atoms with Crippen molar-refractivity contribution in [2.24, 2.45) is 5.92 Å². The zero-order chi connectivity index (χ0) is 17.6. The van der Waals surface area contributed by atoms with E-state index in [1.54, 1.807) is 12.3 Å². The fourth-order valence-electron chi connectivity index (χ4n) is 2.81. The van der Waals surface area contributed by atoms with Gasteiger partial charge in [-0.3, -0.25) is 4.79 Å². The third-order valence-corrected chi connectivity index (χ3v) is 6.43. The number of piperidine rings is 1. The summed E-state index contributed by atoms with van der Waals surface area (Å²) >= 11 is 1.47. The number of nitrogens with one attached hydrogen (secondary N) is 1. The first-order chi connectivity index (χ1) is 11.5. The van der Waals surface area contributed by atoms with Gasteiger partial charge in [0, 0.05) is 25.8 Å².